The first-order chi connectivity index (χ1) is 9.65. The summed E-state index contributed by atoms with van der Waals surface area (Å²) in [7, 11) is 1.37. The highest BCUT2D eigenvalue weighted by atomic mass is 16.5. The van der Waals surface area contributed by atoms with Gasteiger partial charge in [-0.2, -0.15) is 0 Å². The fraction of sp³-hybridized carbons (Fsp3) is 0.625. The molecule has 1 aromatic heterocycles. The molecular formula is C16H25NO3. The number of unbranched alkanes of at least 4 members (excludes halogenated alkanes) is 2. The van der Waals surface area contributed by atoms with Crippen LogP contribution >= 0.6 is 0 Å². The first-order valence-electron chi connectivity index (χ1n) is 7.42. The van der Waals surface area contributed by atoms with Crippen LogP contribution in [0.2, 0.25) is 0 Å². The first-order valence-corrected chi connectivity index (χ1v) is 7.42. The quantitative estimate of drug-likeness (QED) is 0.687. The van der Waals surface area contributed by atoms with Crippen LogP contribution in [0.4, 0.5) is 0 Å². The molecule has 0 N–H and O–H groups in total. The van der Waals surface area contributed by atoms with Gasteiger partial charge in [0.05, 0.1) is 13.0 Å². The fourth-order valence-electron chi connectivity index (χ4n) is 2.28. The molecule has 0 radical (unpaired) electrons. The van der Waals surface area contributed by atoms with E-state index >= 15 is 0 Å². The van der Waals surface area contributed by atoms with E-state index < -0.39 is 5.92 Å². The second-order valence-electron chi connectivity index (χ2n) is 5.03. The summed E-state index contributed by atoms with van der Waals surface area (Å²) in [6.07, 6.45) is 6.34. The van der Waals surface area contributed by atoms with Crippen molar-refractivity contribution in [3.63, 3.8) is 0 Å². The molecule has 0 amide bonds. The maximum Gasteiger partial charge on any atom is 0.313 e. The van der Waals surface area contributed by atoms with Crippen molar-refractivity contribution in [1.82, 2.24) is 4.57 Å². The minimum absolute atomic E-state index is 0.0625. The third kappa shape index (κ3) is 4.22. The zero-order chi connectivity index (χ0) is 15.0. The minimum atomic E-state index is -0.443. The van der Waals surface area contributed by atoms with E-state index in [-0.39, 0.29) is 11.5 Å². The van der Waals surface area contributed by atoms with E-state index in [0.29, 0.717) is 18.5 Å². The highest BCUT2D eigenvalue weighted by Gasteiger charge is 2.24. The maximum atomic E-state index is 12.5. The van der Waals surface area contributed by atoms with Gasteiger partial charge < -0.3 is 9.30 Å². The predicted molar refractivity (Wildman–Crippen MR) is 79.9 cm³/mol. The zero-order valence-electron chi connectivity index (χ0n) is 12.7. The number of nitrogens with zero attached hydrogens (tertiary/aromatic N) is 1. The van der Waals surface area contributed by atoms with E-state index in [9.17, 15) is 9.59 Å². The molecule has 1 rings (SSSR count). The van der Waals surface area contributed by atoms with Crippen LogP contribution in [0.1, 0.15) is 57.4 Å². The van der Waals surface area contributed by atoms with Gasteiger partial charge in [-0.3, -0.25) is 9.59 Å². The predicted octanol–water partition coefficient (Wildman–Crippen LogP) is 3.10. The Morgan fingerprint density at radius 2 is 2.00 bits per heavy atom. The number of carbonyl (C=O) groups is 1. The molecule has 0 aliphatic carbocycles. The van der Waals surface area contributed by atoms with Gasteiger partial charge in [-0.05, 0) is 18.9 Å². The van der Waals surface area contributed by atoms with Crippen molar-refractivity contribution < 1.29 is 9.53 Å². The molecule has 0 fully saturated rings. The Bertz CT molecular complexity index is 479. The van der Waals surface area contributed by atoms with Crippen LogP contribution in [-0.4, -0.2) is 17.6 Å². The van der Waals surface area contributed by atoms with Gasteiger partial charge in [-0.1, -0.05) is 39.2 Å². The van der Waals surface area contributed by atoms with E-state index in [4.69, 9.17) is 4.74 Å². The normalized spacial score (nSPS) is 12.2. The molecule has 0 aliphatic heterocycles. The molecule has 0 saturated carbocycles. The average Bonchev–Trinajstić information content (AvgIpc) is 2.47. The Labute approximate surface area is 120 Å². The molecule has 0 spiro atoms. The molecule has 1 heterocycles. The summed E-state index contributed by atoms with van der Waals surface area (Å²) in [6, 6.07) is 3.59. The van der Waals surface area contributed by atoms with Crippen molar-refractivity contribution in [3.05, 3.63) is 34.2 Å². The van der Waals surface area contributed by atoms with Crippen molar-refractivity contribution in [1.29, 1.82) is 0 Å². The highest BCUT2D eigenvalue weighted by Crippen LogP contribution is 2.20. The van der Waals surface area contributed by atoms with E-state index in [2.05, 4.69) is 13.8 Å². The van der Waals surface area contributed by atoms with Crippen molar-refractivity contribution in [2.75, 3.05) is 7.11 Å². The fourth-order valence-corrected chi connectivity index (χ4v) is 2.28. The topological polar surface area (TPSA) is 48.3 Å². The minimum Gasteiger partial charge on any atom is -0.469 e. The molecule has 4 heteroatoms. The average molecular weight is 279 g/mol. The number of rotatable bonds is 8. The lowest BCUT2D eigenvalue weighted by atomic mass is 9.94. The maximum absolute atomic E-state index is 12.5. The Morgan fingerprint density at radius 3 is 2.60 bits per heavy atom. The van der Waals surface area contributed by atoms with Crippen LogP contribution in [0.5, 0.6) is 0 Å². The second kappa shape index (κ2) is 8.56. The van der Waals surface area contributed by atoms with Crippen LogP contribution in [0, 0.1) is 0 Å². The molecule has 20 heavy (non-hydrogen) atoms. The SMILES string of the molecule is CCCCC(C(=O)OC)c1cccn(CCCC)c1=O. The van der Waals surface area contributed by atoms with E-state index in [0.717, 1.165) is 25.7 Å². The van der Waals surface area contributed by atoms with Gasteiger partial charge in [-0.25, -0.2) is 0 Å². The number of hydrogen-bond donors (Lipinski definition) is 0. The number of hydrogen-bond acceptors (Lipinski definition) is 3. The zero-order valence-corrected chi connectivity index (χ0v) is 12.7. The van der Waals surface area contributed by atoms with Crippen LogP contribution < -0.4 is 5.56 Å². The Balaban J connectivity index is 3.06. The van der Waals surface area contributed by atoms with Gasteiger partial charge in [0.2, 0.25) is 0 Å². The third-order valence-corrected chi connectivity index (χ3v) is 3.51. The summed E-state index contributed by atoms with van der Waals surface area (Å²) in [5.41, 5.74) is 0.497. The lowest BCUT2D eigenvalue weighted by Crippen LogP contribution is -2.28. The van der Waals surface area contributed by atoms with Gasteiger partial charge in [0.25, 0.3) is 5.56 Å². The number of esters is 1. The van der Waals surface area contributed by atoms with E-state index in [1.54, 1.807) is 16.8 Å². The van der Waals surface area contributed by atoms with Crippen LogP contribution in [-0.2, 0) is 16.1 Å². The Morgan fingerprint density at radius 1 is 1.30 bits per heavy atom. The number of pyridine rings is 1. The smallest absolute Gasteiger partial charge is 0.313 e. The lowest BCUT2D eigenvalue weighted by Gasteiger charge is -2.15. The molecule has 4 nitrogen and oxygen atoms in total. The summed E-state index contributed by atoms with van der Waals surface area (Å²) < 4.78 is 6.55. The number of aryl methyl sites for hydroxylation is 1. The monoisotopic (exact) mass is 279 g/mol. The highest BCUT2D eigenvalue weighted by molar-refractivity contribution is 5.77. The second-order valence-corrected chi connectivity index (χ2v) is 5.03. The van der Waals surface area contributed by atoms with E-state index in [1.807, 2.05) is 6.07 Å². The van der Waals surface area contributed by atoms with Crippen molar-refractivity contribution in [2.24, 2.45) is 0 Å². The summed E-state index contributed by atoms with van der Waals surface area (Å²) in [4.78, 5) is 24.4. The van der Waals surface area contributed by atoms with Crippen LogP contribution in [0.15, 0.2) is 23.1 Å². The van der Waals surface area contributed by atoms with Gasteiger partial charge in [-0.15, -0.1) is 0 Å². The van der Waals surface area contributed by atoms with Gasteiger partial charge >= 0.3 is 5.97 Å². The summed E-state index contributed by atoms with van der Waals surface area (Å²) in [6.45, 7) is 4.86. The van der Waals surface area contributed by atoms with E-state index in [1.165, 1.54) is 7.11 Å². The summed E-state index contributed by atoms with van der Waals surface area (Å²) in [5, 5.41) is 0. The van der Waals surface area contributed by atoms with Gasteiger partial charge in [0, 0.05) is 18.3 Å². The van der Waals surface area contributed by atoms with Crippen LogP contribution in [0.3, 0.4) is 0 Å². The molecule has 0 saturated heterocycles. The third-order valence-electron chi connectivity index (χ3n) is 3.51. The standard InChI is InChI=1S/C16H25NO3/c1-4-6-9-14(16(19)20-3)13-10-8-12-17(15(13)18)11-7-5-2/h8,10,12,14H,4-7,9,11H2,1-3H3. The molecule has 1 unspecified atom stereocenters. The van der Waals surface area contributed by atoms with Gasteiger partial charge in [0.15, 0.2) is 0 Å². The van der Waals surface area contributed by atoms with Gasteiger partial charge in [0.1, 0.15) is 0 Å². The van der Waals surface area contributed by atoms with Crippen molar-refractivity contribution >= 4 is 5.97 Å². The molecule has 0 aliphatic rings. The molecule has 1 atom stereocenters. The molecule has 0 bridgehead atoms. The first kappa shape index (κ1) is 16.5. The molecule has 0 aromatic carbocycles. The lowest BCUT2D eigenvalue weighted by molar-refractivity contribution is -0.142. The Kier molecular flexibility index (Phi) is 7.05. The summed E-state index contributed by atoms with van der Waals surface area (Å²) in [5.74, 6) is -0.759. The van der Waals surface area contributed by atoms with Crippen molar-refractivity contribution in [2.45, 2.75) is 58.4 Å². The molecule has 1 aromatic rings. The largest absolute Gasteiger partial charge is 0.469 e. The van der Waals surface area contributed by atoms with Crippen molar-refractivity contribution in [3.8, 4) is 0 Å². The number of methoxy groups -OCH3 is 1. The molecular weight excluding hydrogens is 254 g/mol. The molecule has 112 valence electrons. The van der Waals surface area contributed by atoms with Crippen LogP contribution in [0.25, 0.3) is 0 Å². The number of ether oxygens (including phenoxy) is 1. The number of aromatic nitrogens is 1. The summed E-state index contributed by atoms with van der Waals surface area (Å²) >= 11 is 0. The Hall–Kier alpha value is -1.58. The number of carbonyl (C=O) groups excluding carboxylic acids is 1.